The molecular formula is C29H30NOP. The Morgan fingerprint density at radius 2 is 1.03 bits per heavy atom. The summed E-state index contributed by atoms with van der Waals surface area (Å²) >= 11 is 0. The fourth-order valence-corrected chi connectivity index (χ4v) is 5.85. The van der Waals surface area contributed by atoms with E-state index in [9.17, 15) is 0 Å². The number of hydrogen-bond donors (Lipinski definition) is 0. The maximum absolute atomic E-state index is 7.17. The molecule has 0 spiro atoms. The fourth-order valence-electron chi connectivity index (χ4n) is 3.96. The van der Waals surface area contributed by atoms with Crippen LogP contribution in [0.3, 0.4) is 0 Å². The van der Waals surface area contributed by atoms with E-state index in [1.54, 1.807) is 0 Å². The van der Waals surface area contributed by atoms with Gasteiger partial charge in [0, 0.05) is 10.6 Å². The molecule has 0 saturated carbocycles. The Balaban J connectivity index is 1.82. The summed E-state index contributed by atoms with van der Waals surface area (Å²) in [6.45, 7) is 3.13. The van der Waals surface area contributed by atoms with Crippen LogP contribution in [0.4, 0.5) is 0 Å². The molecule has 0 aliphatic carbocycles. The summed E-state index contributed by atoms with van der Waals surface area (Å²) in [6, 6.07) is 42.7. The van der Waals surface area contributed by atoms with Crippen molar-refractivity contribution in [2.75, 3.05) is 13.6 Å². The molecule has 0 saturated heterocycles. The van der Waals surface area contributed by atoms with E-state index in [1.807, 2.05) is 0 Å². The average Bonchev–Trinajstić information content (AvgIpc) is 2.88. The molecule has 0 aliphatic heterocycles. The highest BCUT2D eigenvalue weighted by molar-refractivity contribution is 7.68. The van der Waals surface area contributed by atoms with Crippen LogP contribution in [-0.2, 0) is 4.52 Å². The molecule has 162 valence electrons. The molecular weight excluding hydrogens is 409 g/mol. The van der Waals surface area contributed by atoms with Crippen molar-refractivity contribution in [1.29, 1.82) is 0 Å². The zero-order valence-corrected chi connectivity index (χ0v) is 19.6. The standard InChI is InChI=1S/C29H30NOP/c1-3-30(2)28(24-16-8-4-9-17-24)29(25-18-10-5-11-19-25)31-32(26-20-12-6-13-21-26)27-22-14-7-15-23-27/h4-23,28-29H,3H2,1-2H3/t28-,29+/m0/s1. The zero-order chi connectivity index (χ0) is 22.2. The van der Waals surface area contributed by atoms with Crippen molar-refractivity contribution in [2.24, 2.45) is 0 Å². The maximum atomic E-state index is 7.17. The maximum Gasteiger partial charge on any atom is 0.107 e. The smallest absolute Gasteiger partial charge is 0.107 e. The topological polar surface area (TPSA) is 12.5 Å². The third-order valence-electron chi connectivity index (χ3n) is 5.73. The van der Waals surface area contributed by atoms with Gasteiger partial charge in [-0.25, -0.2) is 0 Å². The number of likely N-dealkylation sites (N-methyl/N-ethyl adjacent to an activating group) is 1. The van der Waals surface area contributed by atoms with Crippen molar-refractivity contribution in [2.45, 2.75) is 19.1 Å². The molecule has 32 heavy (non-hydrogen) atoms. The minimum atomic E-state index is -0.993. The van der Waals surface area contributed by atoms with Crippen molar-refractivity contribution in [3.63, 3.8) is 0 Å². The van der Waals surface area contributed by atoms with Crippen LogP contribution in [0.5, 0.6) is 0 Å². The third kappa shape index (κ3) is 5.34. The van der Waals surface area contributed by atoms with Crippen LogP contribution in [0.25, 0.3) is 0 Å². The average molecular weight is 440 g/mol. The summed E-state index contributed by atoms with van der Waals surface area (Å²) in [7, 11) is 1.19. The summed E-state index contributed by atoms with van der Waals surface area (Å²) in [6.07, 6.45) is -0.116. The summed E-state index contributed by atoms with van der Waals surface area (Å²) in [5.41, 5.74) is 2.46. The number of nitrogens with zero attached hydrogens (tertiary/aromatic N) is 1. The van der Waals surface area contributed by atoms with Gasteiger partial charge in [0.1, 0.15) is 6.10 Å². The van der Waals surface area contributed by atoms with Crippen molar-refractivity contribution < 1.29 is 4.52 Å². The van der Waals surface area contributed by atoms with Crippen LogP contribution >= 0.6 is 8.15 Å². The lowest BCUT2D eigenvalue weighted by Crippen LogP contribution is -2.31. The first-order valence-corrected chi connectivity index (χ1v) is 12.4. The highest BCUT2D eigenvalue weighted by Crippen LogP contribution is 2.47. The van der Waals surface area contributed by atoms with Gasteiger partial charge in [-0.05, 0) is 24.7 Å². The largest absolute Gasteiger partial charge is 0.340 e. The van der Waals surface area contributed by atoms with Crippen molar-refractivity contribution >= 4 is 18.8 Å². The Morgan fingerprint density at radius 3 is 1.47 bits per heavy atom. The van der Waals surface area contributed by atoms with Crippen LogP contribution in [0.1, 0.15) is 30.2 Å². The van der Waals surface area contributed by atoms with Crippen LogP contribution in [0.15, 0.2) is 121 Å². The second-order valence-electron chi connectivity index (χ2n) is 7.83. The van der Waals surface area contributed by atoms with E-state index in [-0.39, 0.29) is 12.1 Å². The van der Waals surface area contributed by atoms with E-state index in [0.717, 1.165) is 6.54 Å². The first-order chi connectivity index (χ1) is 15.8. The van der Waals surface area contributed by atoms with Gasteiger partial charge in [0.15, 0.2) is 0 Å². The molecule has 4 rings (SSSR count). The molecule has 0 radical (unpaired) electrons. The summed E-state index contributed by atoms with van der Waals surface area (Å²) < 4.78 is 7.17. The molecule has 0 amide bonds. The van der Waals surface area contributed by atoms with E-state index in [1.165, 1.54) is 21.7 Å². The normalized spacial score (nSPS) is 13.2. The Kier molecular flexibility index (Phi) is 7.85. The van der Waals surface area contributed by atoms with Crippen molar-refractivity contribution in [3.05, 3.63) is 132 Å². The third-order valence-corrected chi connectivity index (χ3v) is 7.70. The number of rotatable bonds is 9. The van der Waals surface area contributed by atoms with Crippen molar-refractivity contribution in [3.8, 4) is 0 Å². The molecule has 2 atom stereocenters. The summed E-state index contributed by atoms with van der Waals surface area (Å²) in [4.78, 5) is 2.39. The second-order valence-corrected chi connectivity index (χ2v) is 9.66. The first-order valence-electron chi connectivity index (χ1n) is 11.1. The SMILES string of the molecule is CCN(C)[C@@H](c1ccccc1)[C@H](OP(c1ccccc1)c1ccccc1)c1ccccc1. The molecule has 0 unspecified atom stereocenters. The van der Waals surface area contributed by atoms with Crippen LogP contribution in [-0.4, -0.2) is 18.5 Å². The lowest BCUT2D eigenvalue weighted by Gasteiger charge is -2.37. The van der Waals surface area contributed by atoms with Gasteiger partial charge in [0.25, 0.3) is 0 Å². The van der Waals surface area contributed by atoms with Gasteiger partial charge in [-0.15, -0.1) is 0 Å². The molecule has 3 heteroatoms. The van der Waals surface area contributed by atoms with E-state index < -0.39 is 8.15 Å². The van der Waals surface area contributed by atoms with Crippen LogP contribution in [0.2, 0.25) is 0 Å². The molecule has 0 aliphatic rings. The number of benzene rings is 4. The van der Waals surface area contributed by atoms with E-state index in [2.05, 4.69) is 140 Å². The molecule has 0 aromatic heterocycles. The Bertz CT molecular complexity index is 1020. The molecule has 0 bridgehead atoms. The predicted molar refractivity (Wildman–Crippen MR) is 137 cm³/mol. The molecule has 0 heterocycles. The van der Waals surface area contributed by atoms with E-state index in [0.29, 0.717) is 0 Å². The van der Waals surface area contributed by atoms with Gasteiger partial charge in [0.05, 0.1) is 14.2 Å². The Morgan fingerprint density at radius 1 is 0.625 bits per heavy atom. The van der Waals surface area contributed by atoms with Gasteiger partial charge in [-0.1, -0.05) is 128 Å². The molecule has 2 nitrogen and oxygen atoms in total. The minimum Gasteiger partial charge on any atom is -0.340 e. The van der Waals surface area contributed by atoms with Gasteiger partial charge in [-0.2, -0.15) is 0 Å². The monoisotopic (exact) mass is 439 g/mol. The molecule has 4 aromatic carbocycles. The molecule has 0 fully saturated rings. The van der Waals surface area contributed by atoms with Gasteiger partial charge >= 0.3 is 0 Å². The summed E-state index contributed by atoms with van der Waals surface area (Å²) in [5, 5.41) is 2.45. The van der Waals surface area contributed by atoms with Crippen LogP contribution < -0.4 is 10.6 Å². The minimum absolute atomic E-state index is 0.0982. The first kappa shape index (κ1) is 22.4. The van der Waals surface area contributed by atoms with Crippen LogP contribution in [0, 0.1) is 0 Å². The zero-order valence-electron chi connectivity index (χ0n) is 18.7. The summed E-state index contributed by atoms with van der Waals surface area (Å²) in [5.74, 6) is 0. The van der Waals surface area contributed by atoms with Gasteiger partial charge < -0.3 is 4.52 Å². The lowest BCUT2D eigenvalue weighted by molar-refractivity contribution is 0.0976. The fraction of sp³-hybridized carbons (Fsp3) is 0.172. The molecule has 4 aromatic rings. The van der Waals surface area contributed by atoms with Gasteiger partial charge in [-0.3, -0.25) is 4.90 Å². The Labute approximate surface area is 193 Å². The molecule has 0 N–H and O–H groups in total. The predicted octanol–water partition coefficient (Wildman–Crippen LogP) is 6.49. The van der Waals surface area contributed by atoms with Gasteiger partial charge in [0.2, 0.25) is 0 Å². The quantitative estimate of drug-likeness (QED) is 0.277. The second kappa shape index (κ2) is 11.2. The van der Waals surface area contributed by atoms with E-state index >= 15 is 0 Å². The number of hydrogen-bond acceptors (Lipinski definition) is 2. The highest BCUT2D eigenvalue weighted by atomic mass is 31.1. The van der Waals surface area contributed by atoms with Crippen molar-refractivity contribution in [1.82, 2.24) is 4.90 Å². The van der Waals surface area contributed by atoms with E-state index in [4.69, 9.17) is 4.52 Å². The highest BCUT2D eigenvalue weighted by Gasteiger charge is 2.32. The lowest BCUT2D eigenvalue weighted by atomic mass is 9.94. The Hall–Kier alpha value is -2.77.